The van der Waals surface area contributed by atoms with Gasteiger partial charge in [0.2, 0.25) is 11.4 Å². The molecule has 0 bridgehead atoms. The zero-order valence-corrected chi connectivity index (χ0v) is 17.6. The molecule has 0 unspecified atom stereocenters. The van der Waals surface area contributed by atoms with Crippen LogP contribution in [0.1, 0.15) is 56.3 Å². The van der Waals surface area contributed by atoms with Crippen molar-refractivity contribution in [1.29, 1.82) is 0 Å². The van der Waals surface area contributed by atoms with Gasteiger partial charge in [-0.1, -0.05) is 32.1 Å². The summed E-state index contributed by atoms with van der Waals surface area (Å²) in [5.74, 6) is -2.83. The summed E-state index contributed by atoms with van der Waals surface area (Å²) in [6.07, 6.45) is 1.06. The topological polar surface area (TPSA) is 126 Å². The minimum absolute atomic E-state index is 0.210. The predicted molar refractivity (Wildman–Crippen MR) is 109 cm³/mol. The first-order valence-corrected chi connectivity index (χ1v) is 10.7. The Morgan fingerprint density at radius 3 is 2.58 bits per heavy atom. The molecule has 4 rings (SSSR count). The highest BCUT2D eigenvalue weighted by molar-refractivity contribution is 6.07. The third kappa shape index (κ3) is 4.09. The van der Waals surface area contributed by atoms with Gasteiger partial charge in [0.1, 0.15) is 17.1 Å². The number of hydrogen-bond acceptors (Lipinski definition) is 5. The molecule has 1 saturated carbocycles. The zero-order chi connectivity index (χ0) is 23.8. The van der Waals surface area contributed by atoms with Crippen LogP contribution >= 0.6 is 0 Å². The van der Waals surface area contributed by atoms with E-state index in [1.54, 1.807) is 5.32 Å². The maximum atomic E-state index is 14.4. The molecule has 178 valence electrons. The highest BCUT2D eigenvalue weighted by Crippen LogP contribution is 2.45. The number of H-pyrrole nitrogens is 1. The van der Waals surface area contributed by atoms with E-state index in [4.69, 9.17) is 4.42 Å². The largest absolute Gasteiger partial charge is 0.467 e. The molecule has 0 aromatic carbocycles. The number of anilines is 1. The van der Waals surface area contributed by atoms with Crippen molar-refractivity contribution in [3.63, 3.8) is 0 Å². The molecule has 1 atom stereocenters. The van der Waals surface area contributed by atoms with Crippen molar-refractivity contribution < 1.29 is 27.2 Å². The fraction of sp³-hybridized carbons (Fsp3) is 0.524. The van der Waals surface area contributed by atoms with E-state index in [9.17, 15) is 32.3 Å². The number of nitrogens with one attached hydrogen (secondary N) is 3. The molecule has 1 aliphatic heterocycles. The van der Waals surface area contributed by atoms with Gasteiger partial charge in [0, 0.05) is 6.42 Å². The van der Waals surface area contributed by atoms with Gasteiger partial charge in [-0.3, -0.25) is 23.9 Å². The van der Waals surface area contributed by atoms with Gasteiger partial charge < -0.3 is 15.1 Å². The van der Waals surface area contributed by atoms with Crippen LogP contribution in [0.4, 0.5) is 19.0 Å². The lowest BCUT2D eigenvalue weighted by molar-refractivity contribution is -0.200. The SMILES string of the molecule is O=C(CCC1CCCCC1)N[C@@]1(C(F)(F)F)C(=O)Nc2c1c(=O)[nH]c(=O)n2Cc1ccco1. The van der Waals surface area contributed by atoms with Gasteiger partial charge in [-0.25, -0.2) is 4.79 Å². The molecule has 2 amide bonds. The minimum atomic E-state index is -5.34. The first kappa shape index (κ1) is 22.9. The van der Waals surface area contributed by atoms with Crippen LogP contribution in [0.2, 0.25) is 0 Å². The highest BCUT2D eigenvalue weighted by Gasteiger charge is 2.68. The molecular formula is C21H23F3N4O5. The lowest BCUT2D eigenvalue weighted by Gasteiger charge is -2.30. The summed E-state index contributed by atoms with van der Waals surface area (Å²) in [6.45, 7) is -0.339. The Morgan fingerprint density at radius 1 is 1.21 bits per heavy atom. The van der Waals surface area contributed by atoms with Crippen LogP contribution in [-0.4, -0.2) is 27.5 Å². The lowest BCUT2D eigenvalue weighted by Crippen LogP contribution is -2.62. The maximum absolute atomic E-state index is 14.4. The van der Waals surface area contributed by atoms with E-state index in [0.29, 0.717) is 6.42 Å². The van der Waals surface area contributed by atoms with Gasteiger partial charge >= 0.3 is 11.9 Å². The molecule has 0 radical (unpaired) electrons. The fourth-order valence-electron chi connectivity index (χ4n) is 4.62. The third-order valence-corrected chi connectivity index (χ3v) is 6.30. The van der Waals surface area contributed by atoms with Crippen LogP contribution in [0.15, 0.2) is 32.4 Å². The molecule has 2 aromatic rings. The molecule has 1 aliphatic carbocycles. The molecule has 0 saturated heterocycles. The van der Waals surface area contributed by atoms with Crippen LogP contribution in [-0.2, 0) is 21.7 Å². The molecule has 9 nitrogen and oxygen atoms in total. The van der Waals surface area contributed by atoms with Crippen molar-refractivity contribution >= 4 is 17.6 Å². The first-order valence-electron chi connectivity index (χ1n) is 10.7. The number of hydrogen-bond donors (Lipinski definition) is 3. The number of furan rings is 1. The normalized spacial score (nSPS) is 21.0. The van der Waals surface area contributed by atoms with Gasteiger partial charge in [-0.15, -0.1) is 0 Å². The number of carbonyl (C=O) groups is 2. The predicted octanol–water partition coefficient (Wildman–Crippen LogP) is 2.36. The van der Waals surface area contributed by atoms with Gasteiger partial charge in [-0.05, 0) is 24.5 Å². The van der Waals surface area contributed by atoms with E-state index in [1.165, 1.54) is 18.4 Å². The number of carbonyl (C=O) groups excluding carboxylic acids is 2. The van der Waals surface area contributed by atoms with E-state index in [1.807, 2.05) is 10.3 Å². The zero-order valence-electron chi connectivity index (χ0n) is 17.6. The molecule has 2 aromatic heterocycles. The van der Waals surface area contributed by atoms with Gasteiger partial charge in [0.25, 0.3) is 11.5 Å². The Bertz CT molecular complexity index is 1160. The Labute approximate surface area is 185 Å². The fourth-order valence-corrected chi connectivity index (χ4v) is 4.62. The van der Waals surface area contributed by atoms with Crippen LogP contribution < -0.4 is 21.9 Å². The van der Waals surface area contributed by atoms with Crippen molar-refractivity contribution in [2.24, 2.45) is 5.92 Å². The number of alkyl halides is 3. The maximum Gasteiger partial charge on any atom is 0.425 e. The number of aromatic nitrogens is 2. The van der Waals surface area contributed by atoms with E-state index in [0.717, 1.165) is 36.7 Å². The molecule has 12 heteroatoms. The average Bonchev–Trinajstić information content (AvgIpc) is 3.37. The molecule has 3 N–H and O–H groups in total. The molecule has 33 heavy (non-hydrogen) atoms. The second-order valence-corrected chi connectivity index (χ2v) is 8.44. The Kier molecular flexibility index (Phi) is 5.93. The second kappa shape index (κ2) is 8.56. The molecule has 0 spiro atoms. The van der Waals surface area contributed by atoms with Crippen LogP contribution in [0, 0.1) is 5.92 Å². The monoisotopic (exact) mass is 468 g/mol. The van der Waals surface area contributed by atoms with Crippen molar-refractivity contribution in [2.45, 2.75) is 63.2 Å². The Morgan fingerprint density at radius 2 is 1.94 bits per heavy atom. The average molecular weight is 468 g/mol. The smallest absolute Gasteiger partial charge is 0.425 e. The summed E-state index contributed by atoms with van der Waals surface area (Å²) in [5, 5.41) is 3.79. The Hall–Kier alpha value is -3.31. The van der Waals surface area contributed by atoms with Gasteiger partial charge in [0.05, 0.1) is 12.8 Å². The van der Waals surface area contributed by atoms with E-state index >= 15 is 0 Å². The van der Waals surface area contributed by atoms with E-state index < -0.39 is 46.2 Å². The lowest BCUT2D eigenvalue weighted by atomic mass is 9.85. The number of rotatable bonds is 6. The summed E-state index contributed by atoms with van der Waals surface area (Å²) in [5.41, 5.74) is -7.12. The number of halogens is 3. The van der Waals surface area contributed by atoms with Crippen LogP contribution in [0.25, 0.3) is 0 Å². The molecule has 2 aliphatic rings. The van der Waals surface area contributed by atoms with E-state index in [-0.39, 0.29) is 24.6 Å². The van der Waals surface area contributed by atoms with Crippen LogP contribution in [0.5, 0.6) is 0 Å². The summed E-state index contributed by atoms with van der Waals surface area (Å²) in [7, 11) is 0. The Balaban J connectivity index is 1.71. The summed E-state index contributed by atoms with van der Waals surface area (Å²) >= 11 is 0. The molecule has 3 heterocycles. The highest BCUT2D eigenvalue weighted by atomic mass is 19.4. The summed E-state index contributed by atoms with van der Waals surface area (Å²) < 4.78 is 49.0. The summed E-state index contributed by atoms with van der Waals surface area (Å²) in [4.78, 5) is 52.0. The van der Waals surface area contributed by atoms with Crippen molar-refractivity contribution in [1.82, 2.24) is 14.9 Å². The van der Waals surface area contributed by atoms with Gasteiger partial charge in [0.15, 0.2) is 0 Å². The summed E-state index contributed by atoms with van der Waals surface area (Å²) in [6, 6.07) is 2.99. The van der Waals surface area contributed by atoms with Crippen molar-refractivity contribution in [3.05, 3.63) is 50.6 Å². The van der Waals surface area contributed by atoms with Crippen molar-refractivity contribution in [2.75, 3.05) is 5.32 Å². The second-order valence-electron chi connectivity index (χ2n) is 8.44. The number of amides is 2. The molecule has 1 fully saturated rings. The number of fused-ring (bicyclic) bond motifs is 1. The van der Waals surface area contributed by atoms with Crippen LogP contribution in [0.3, 0.4) is 0 Å². The quantitative estimate of drug-likeness (QED) is 0.600. The number of nitrogens with zero attached hydrogens (tertiary/aromatic N) is 1. The van der Waals surface area contributed by atoms with Gasteiger partial charge in [-0.2, -0.15) is 13.2 Å². The molecular weight excluding hydrogens is 445 g/mol. The van der Waals surface area contributed by atoms with E-state index in [2.05, 4.69) is 0 Å². The van der Waals surface area contributed by atoms with Crippen molar-refractivity contribution in [3.8, 4) is 0 Å². The standard InChI is InChI=1S/C21H23F3N4O5/c22-21(23,24)20(27-14(29)9-8-12-5-2-1-3-6-12)15-16(25-18(20)31)28(19(32)26-17(15)30)11-13-7-4-10-33-13/h4,7,10,12H,1-3,5-6,8-9,11H2,(H,25,31)(H,27,29)(H,26,30,32)/t20-/m1/s1. The number of aromatic amines is 1. The third-order valence-electron chi connectivity index (χ3n) is 6.30. The minimum Gasteiger partial charge on any atom is -0.467 e. The first-order chi connectivity index (χ1) is 15.6.